The Kier molecular flexibility index (Phi) is 10.5. The van der Waals surface area contributed by atoms with Crippen LogP contribution in [0.3, 0.4) is 0 Å². The van der Waals surface area contributed by atoms with Crippen LogP contribution in [0.4, 0.5) is 17.1 Å². The Bertz CT molecular complexity index is 1380. The summed E-state index contributed by atoms with van der Waals surface area (Å²) in [5, 5.41) is 3.33. The molecule has 0 saturated carbocycles. The van der Waals surface area contributed by atoms with Crippen molar-refractivity contribution in [2.24, 2.45) is 0 Å². The SMILES string of the molecule is CC(=O)Oc1cc(C)c2c(c1)N(C/C=C(\C)CC/C=C(\C)CCC=C(C)C)C(=O)c1cccc(OC(C)=O)c1N2. The molecule has 0 radical (unpaired) electrons. The number of hydrogen-bond acceptors (Lipinski definition) is 6. The van der Waals surface area contributed by atoms with Crippen LogP contribution in [0.1, 0.15) is 83.1 Å². The molecule has 212 valence electrons. The average molecular weight is 545 g/mol. The van der Waals surface area contributed by atoms with E-state index in [-0.39, 0.29) is 11.7 Å². The molecule has 2 aromatic rings. The monoisotopic (exact) mass is 544 g/mol. The Labute approximate surface area is 237 Å². The fourth-order valence-electron chi connectivity index (χ4n) is 4.56. The van der Waals surface area contributed by atoms with Crippen molar-refractivity contribution in [2.45, 2.75) is 74.1 Å². The lowest BCUT2D eigenvalue weighted by atomic mass is 10.1. The Balaban J connectivity index is 1.93. The molecule has 2 aromatic carbocycles. The maximum Gasteiger partial charge on any atom is 0.308 e. The van der Waals surface area contributed by atoms with Crippen molar-refractivity contribution in [3.63, 3.8) is 0 Å². The zero-order chi connectivity index (χ0) is 29.4. The fourth-order valence-corrected chi connectivity index (χ4v) is 4.56. The lowest BCUT2D eigenvalue weighted by Crippen LogP contribution is -2.30. The van der Waals surface area contributed by atoms with Gasteiger partial charge in [-0.05, 0) is 84.1 Å². The molecule has 0 aromatic heterocycles. The third kappa shape index (κ3) is 8.18. The number of anilines is 3. The van der Waals surface area contributed by atoms with Gasteiger partial charge in [0.2, 0.25) is 0 Å². The van der Waals surface area contributed by atoms with Crippen LogP contribution in [0.2, 0.25) is 0 Å². The highest BCUT2D eigenvalue weighted by Crippen LogP contribution is 2.43. The first kappa shape index (κ1) is 30.4. The second-order valence-corrected chi connectivity index (χ2v) is 10.5. The zero-order valence-corrected chi connectivity index (χ0v) is 24.6. The van der Waals surface area contributed by atoms with Gasteiger partial charge in [0, 0.05) is 26.5 Å². The zero-order valence-electron chi connectivity index (χ0n) is 24.6. The standard InChI is InChI=1S/C33H40N2O5/c1-21(2)11-8-12-22(3)13-9-14-23(4)17-18-35-29-20-27(39-25(6)36)19-24(5)31(29)34-32-28(33(35)38)15-10-16-30(32)40-26(7)37/h10-11,13,15-17,19-20,34H,8-9,12,14,18H2,1-7H3/b22-13+,23-17+. The first-order chi connectivity index (χ1) is 19.0. The summed E-state index contributed by atoms with van der Waals surface area (Å²) in [6.07, 6.45) is 10.5. The maximum absolute atomic E-state index is 13.9. The van der Waals surface area contributed by atoms with Crippen molar-refractivity contribution in [3.8, 4) is 11.5 Å². The molecule has 1 heterocycles. The summed E-state index contributed by atoms with van der Waals surface area (Å²) < 4.78 is 10.8. The maximum atomic E-state index is 13.9. The number of allylic oxidation sites excluding steroid dienone is 5. The lowest BCUT2D eigenvalue weighted by molar-refractivity contribution is -0.132. The summed E-state index contributed by atoms with van der Waals surface area (Å²) in [4.78, 5) is 39.1. The predicted molar refractivity (Wildman–Crippen MR) is 161 cm³/mol. The van der Waals surface area contributed by atoms with E-state index in [1.165, 1.54) is 30.6 Å². The van der Waals surface area contributed by atoms with Gasteiger partial charge in [-0.3, -0.25) is 14.4 Å². The quantitative estimate of drug-likeness (QED) is 0.185. The Morgan fingerprint density at radius 2 is 1.50 bits per heavy atom. The lowest BCUT2D eigenvalue weighted by Gasteiger charge is -2.23. The number of esters is 2. The van der Waals surface area contributed by atoms with Crippen LogP contribution < -0.4 is 19.7 Å². The first-order valence-corrected chi connectivity index (χ1v) is 13.6. The van der Waals surface area contributed by atoms with Gasteiger partial charge < -0.3 is 19.7 Å². The highest BCUT2D eigenvalue weighted by molar-refractivity contribution is 6.15. The molecule has 1 amide bonds. The number of benzene rings is 2. The van der Waals surface area contributed by atoms with Gasteiger partial charge in [-0.1, -0.05) is 41.0 Å². The van der Waals surface area contributed by atoms with Gasteiger partial charge in [0.1, 0.15) is 5.75 Å². The van der Waals surface area contributed by atoms with Crippen molar-refractivity contribution >= 4 is 34.9 Å². The number of rotatable bonds is 10. The highest BCUT2D eigenvalue weighted by Gasteiger charge is 2.30. The van der Waals surface area contributed by atoms with Gasteiger partial charge in [0.05, 0.1) is 22.6 Å². The Morgan fingerprint density at radius 1 is 0.850 bits per heavy atom. The molecule has 7 nitrogen and oxygen atoms in total. The van der Waals surface area contributed by atoms with Crippen LogP contribution in [0.5, 0.6) is 11.5 Å². The molecule has 0 saturated heterocycles. The van der Waals surface area contributed by atoms with E-state index < -0.39 is 11.9 Å². The van der Waals surface area contributed by atoms with Crippen LogP contribution >= 0.6 is 0 Å². The number of nitrogens with one attached hydrogen (secondary N) is 1. The van der Waals surface area contributed by atoms with Gasteiger partial charge in [-0.2, -0.15) is 0 Å². The number of nitrogens with zero attached hydrogens (tertiary/aromatic N) is 1. The number of amides is 1. The van der Waals surface area contributed by atoms with E-state index >= 15 is 0 Å². The van der Waals surface area contributed by atoms with Crippen molar-refractivity contribution in [2.75, 3.05) is 16.8 Å². The van der Waals surface area contributed by atoms with E-state index in [4.69, 9.17) is 9.47 Å². The van der Waals surface area contributed by atoms with Gasteiger partial charge in [-0.15, -0.1) is 0 Å². The summed E-state index contributed by atoms with van der Waals surface area (Å²) in [7, 11) is 0. The second-order valence-electron chi connectivity index (χ2n) is 10.5. The van der Waals surface area contributed by atoms with Crippen LogP contribution in [0.25, 0.3) is 0 Å². The predicted octanol–water partition coefficient (Wildman–Crippen LogP) is 7.97. The molecule has 0 fully saturated rings. The minimum Gasteiger partial charge on any atom is -0.427 e. The molecule has 1 aliphatic heterocycles. The molecule has 0 spiro atoms. The van der Waals surface area contributed by atoms with Crippen molar-refractivity contribution < 1.29 is 23.9 Å². The first-order valence-electron chi connectivity index (χ1n) is 13.6. The number of aryl methyl sites for hydroxylation is 1. The van der Waals surface area contributed by atoms with E-state index in [9.17, 15) is 14.4 Å². The summed E-state index contributed by atoms with van der Waals surface area (Å²) >= 11 is 0. The molecule has 3 rings (SSSR count). The van der Waals surface area contributed by atoms with Gasteiger partial charge in [0.25, 0.3) is 5.91 Å². The molecular weight excluding hydrogens is 504 g/mol. The summed E-state index contributed by atoms with van der Waals surface area (Å²) in [6, 6.07) is 8.47. The van der Waals surface area contributed by atoms with Crippen LogP contribution in [0, 0.1) is 6.92 Å². The van der Waals surface area contributed by atoms with E-state index in [1.807, 2.05) is 6.92 Å². The van der Waals surface area contributed by atoms with E-state index in [2.05, 4.69) is 51.2 Å². The smallest absolute Gasteiger partial charge is 0.308 e. The molecule has 40 heavy (non-hydrogen) atoms. The van der Waals surface area contributed by atoms with Gasteiger partial charge in [-0.25, -0.2) is 0 Å². The van der Waals surface area contributed by atoms with Crippen molar-refractivity contribution in [3.05, 3.63) is 76.4 Å². The number of carbonyl (C=O) groups is 3. The van der Waals surface area contributed by atoms with Crippen molar-refractivity contribution in [1.29, 1.82) is 0 Å². The van der Waals surface area contributed by atoms with E-state index in [0.29, 0.717) is 34.9 Å². The number of hydrogen-bond donors (Lipinski definition) is 1. The number of fused-ring (bicyclic) bond motifs is 2. The molecule has 0 aliphatic carbocycles. The number of para-hydroxylation sites is 1. The largest absolute Gasteiger partial charge is 0.427 e. The third-order valence-electron chi connectivity index (χ3n) is 6.59. The molecule has 0 bridgehead atoms. The summed E-state index contributed by atoms with van der Waals surface area (Å²) in [5.41, 5.74) is 6.70. The second kappa shape index (κ2) is 13.8. The normalized spacial score (nSPS) is 13.1. The number of carbonyl (C=O) groups excluding carboxylic acids is 3. The van der Waals surface area contributed by atoms with E-state index in [0.717, 1.165) is 31.2 Å². The number of ether oxygens (including phenoxy) is 2. The topological polar surface area (TPSA) is 84.9 Å². The van der Waals surface area contributed by atoms with E-state index in [1.54, 1.807) is 35.2 Å². The minimum absolute atomic E-state index is 0.256. The molecule has 7 heteroatoms. The van der Waals surface area contributed by atoms with Gasteiger partial charge in [0.15, 0.2) is 5.75 Å². The summed E-state index contributed by atoms with van der Waals surface area (Å²) in [6.45, 7) is 13.3. The van der Waals surface area contributed by atoms with Crippen LogP contribution in [-0.2, 0) is 9.59 Å². The van der Waals surface area contributed by atoms with Crippen LogP contribution in [0.15, 0.2) is 65.3 Å². The van der Waals surface area contributed by atoms with Gasteiger partial charge >= 0.3 is 11.9 Å². The Hall–Kier alpha value is -4.13. The molecule has 1 aliphatic rings. The van der Waals surface area contributed by atoms with Crippen molar-refractivity contribution in [1.82, 2.24) is 0 Å². The molecule has 0 unspecified atom stereocenters. The Morgan fingerprint density at radius 3 is 2.15 bits per heavy atom. The average Bonchev–Trinajstić information content (AvgIpc) is 2.97. The molecule has 1 N–H and O–H groups in total. The molecular formula is C33H40N2O5. The minimum atomic E-state index is -0.481. The fraction of sp³-hybridized carbons (Fsp3) is 0.364. The van der Waals surface area contributed by atoms with Crippen LogP contribution in [-0.4, -0.2) is 24.4 Å². The summed E-state index contributed by atoms with van der Waals surface area (Å²) in [5.74, 6) is -0.560. The highest BCUT2D eigenvalue weighted by atomic mass is 16.5. The third-order valence-corrected chi connectivity index (χ3v) is 6.59. The molecule has 0 atom stereocenters.